The first kappa shape index (κ1) is 9.55. The van der Waals surface area contributed by atoms with E-state index < -0.39 is 0 Å². The fourth-order valence-corrected chi connectivity index (χ4v) is 3.61. The maximum absolute atomic E-state index is 2.31. The van der Waals surface area contributed by atoms with Crippen molar-refractivity contribution in [2.24, 2.45) is 17.8 Å². The maximum atomic E-state index is 2.31. The number of rotatable bonds is 4. The van der Waals surface area contributed by atoms with Gasteiger partial charge in [-0.15, -0.1) is 0 Å². The molecule has 13 heavy (non-hydrogen) atoms. The Bertz CT molecular complexity index is 150. The Hall–Kier alpha value is 0. The minimum Gasteiger partial charge on any atom is -0.0654 e. The van der Waals surface area contributed by atoms with Crippen molar-refractivity contribution in [1.82, 2.24) is 0 Å². The molecule has 0 amide bonds. The van der Waals surface area contributed by atoms with Crippen LogP contribution < -0.4 is 0 Å². The third kappa shape index (κ3) is 2.27. The van der Waals surface area contributed by atoms with Gasteiger partial charge in [-0.3, -0.25) is 0 Å². The molecular weight excluding hydrogens is 156 g/mol. The van der Waals surface area contributed by atoms with Crippen molar-refractivity contribution in [3.05, 3.63) is 0 Å². The summed E-state index contributed by atoms with van der Waals surface area (Å²) in [6.45, 7) is 2.31. The van der Waals surface area contributed by atoms with Crippen LogP contribution in [-0.4, -0.2) is 0 Å². The molecule has 3 unspecified atom stereocenters. The van der Waals surface area contributed by atoms with Crippen LogP contribution in [0, 0.1) is 17.8 Å². The highest BCUT2D eigenvalue weighted by Gasteiger charge is 2.35. The van der Waals surface area contributed by atoms with Gasteiger partial charge in [-0.05, 0) is 30.6 Å². The highest BCUT2D eigenvalue weighted by Crippen LogP contribution is 2.47. The van der Waals surface area contributed by atoms with Crippen molar-refractivity contribution in [3.8, 4) is 0 Å². The maximum Gasteiger partial charge on any atom is -0.0383 e. The summed E-state index contributed by atoms with van der Waals surface area (Å²) in [5, 5.41) is 0. The van der Waals surface area contributed by atoms with E-state index in [9.17, 15) is 0 Å². The number of hydrogen-bond donors (Lipinski definition) is 0. The average Bonchev–Trinajstić information content (AvgIpc) is 2.42. The first-order valence-corrected chi connectivity index (χ1v) is 6.40. The van der Waals surface area contributed by atoms with Crippen molar-refractivity contribution in [1.29, 1.82) is 0 Å². The van der Waals surface area contributed by atoms with Crippen LogP contribution in [-0.2, 0) is 0 Å². The lowest BCUT2D eigenvalue weighted by atomic mass is 9.85. The Balaban J connectivity index is 1.74. The molecule has 0 radical (unpaired) electrons. The molecule has 2 aliphatic carbocycles. The van der Waals surface area contributed by atoms with Crippen LogP contribution in [0.3, 0.4) is 0 Å². The van der Waals surface area contributed by atoms with Gasteiger partial charge in [-0.2, -0.15) is 0 Å². The van der Waals surface area contributed by atoms with Crippen LogP contribution in [0.1, 0.15) is 64.7 Å². The Morgan fingerprint density at radius 3 is 2.77 bits per heavy atom. The van der Waals surface area contributed by atoms with Gasteiger partial charge in [-0.25, -0.2) is 0 Å². The second kappa shape index (κ2) is 4.48. The van der Waals surface area contributed by atoms with Gasteiger partial charge in [0.25, 0.3) is 0 Å². The molecule has 0 heteroatoms. The van der Waals surface area contributed by atoms with Gasteiger partial charge in [0.05, 0.1) is 0 Å². The van der Waals surface area contributed by atoms with E-state index in [1.807, 2.05) is 0 Å². The molecule has 76 valence electrons. The first-order valence-electron chi connectivity index (χ1n) is 6.40. The van der Waals surface area contributed by atoms with E-state index in [1.165, 1.54) is 19.3 Å². The Morgan fingerprint density at radius 2 is 2.00 bits per heavy atom. The molecule has 0 aromatic heterocycles. The largest absolute Gasteiger partial charge is 0.0654 e. The van der Waals surface area contributed by atoms with Gasteiger partial charge in [0.15, 0.2) is 0 Å². The summed E-state index contributed by atoms with van der Waals surface area (Å²) in [5.74, 6) is 3.43. The van der Waals surface area contributed by atoms with Crippen LogP contribution in [0.15, 0.2) is 0 Å². The average molecular weight is 180 g/mol. The minimum absolute atomic E-state index is 1.14. The Morgan fingerprint density at radius 1 is 1.08 bits per heavy atom. The van der Waals surface area contributed by atoms with Gasteiger partial charge in [0.2, 0.25) is 0 Å². The van der Waals surface area contributed by atoms with Gasteiger partial charge in [-0.1, -0.05) is 51.9 Å². The van der Waals surface area contributed by atoms with E-state index in [1.54, 1.807) is 38.5 Å². The van der Waals surface area contributed by atoms with Crippen LogP contribution in [0.2, 0.25) is 0 Å². The van der Waals surface area contributed by atoms with E-state index in [2.05, 4.69) is 6.92 Å². The zero-order chi connectivity index (χ0) is 9.10. The SMILES string of the molecule is CCCCCC1CC2CCCC1C2. The highest BCUT2D eigenvalue weighted by molar-refractivity contribution is 4.87. The standard InChI is InChI=1S/C13H24/c1-2-3-4-7-12-9-11-6-5-8-13(12)10-11/h11-13H,2-10H2,1H3. The van der Waals surface area contributed by atoms with E-state index >= 15 is 0 Å². The molecule has 0 spiro atoms. The molecule has 2 bridgehead atoms. The monoisotopic (exact) mass is 180 g/mol. The molecule has 2 fully saturated rings. The summed E-state index contributed by atoms with van der Waals surface area (Å²) in [7, 11) is 0. The summed E-state index contributed by atoms with van der Waals surface area (Å²) >= 11 is 0. The third-order valence-electron chi connectivity index (χ3n) is 4.30. The summed E-state index contributed by atoms with van der Waals surface area (Å²) in [5.41, 5.74) is 0. The van der Waals surface area contributed by atoms with Crippen LogP contribution in [0.4, 0.5) is 0 Å². The Kier molecular flexibility index (Phi) is 3.29. The van der Waals surface area contributed by atoms with E-state index in [0.29, 0.717) is 0 Å². The molecule has 0 aliphatic heterocycles. The van der Waals surface area contributed by atoms with Gasteiger partial charge >= 0.3 is 0 Å². The van der Waals surface area contributed by atoms with Crippen molar-refractivity contribution >= 4 is 0 Å². The van der Waals surface area contributed by atoms with Crippen LogP contribution in [0.5, 0.6) is 0 Å². The lowest BCUT2D eigenvalue weighted by Crippen LogP contribution is -2.09. The van der Waals surface area contributed by atoms with Crippen molar-refractivity contribution < 1.29 is 0 Å². The lowest BCUT2D eigenvalue weighted by molar-refractivity contribution is 0.310. The van der Waals surface area contributed by atoms with E-state index in [-0.39, 0.29) is 0 Å². The molecule has 0 saturated heterocycles. The molecule has 0 aromatic carbocycles. The van der Waals surface area contributed by atoms with Crippen LogP contribution >= 0.6 is 0 Å². The number of unbranched alkanes of at least 4 members (excludes halogenated alkanes) is 2. The van der Waals surface area contributed by atoms with Crippen molar-refractivity contribution in [2.45, 2.75) is 64.7 Å². The van der Waals surface area contributed by atoms with Crippen molar-refractivity contribution in [2.75, 3.05) is 0 Å². The molecule has 0 heterocycles. The fraction of sp³-hybridized carbons (Fsp3) is 1.00. The van der Waals surface area contributed by atoms with Crippen molar-refractivity contribution in [3.63, 3.8) is 0 Å². The van der Waals surface area contributed by atoms with E-state index in [4.69, 9.17) is 0 Å². The molecular formula is C13H24. The molecule has 2 aliphatic rings. The van der Waals surface area contributed by atoms with Gasteiger partial charge in [0, 0.05) is 0 Å². The molecule has 3 atom stereocenters. The van der Waals surface area contributed by atoms with Gasteiger partial charge in [0.1, 0.15) is 0 Å². The molecule has 0 aromatic rings. The predicted molar refractivity (Wildman–Crippen MR) is 57.7 cm³/mol. The Labute approximate surface area is 83.1 Å². The molecule has 2 saturated carbocycles. The normalized spacial score (nSPS) is 38.1. The quantitative estimate of drug-likeness (QED) is 0.563. The fourth-order valence-electron chi connectivity index (χ4n) is 3.61. The highest BCUT2D eigenvalue weighted by atomic mass is 14.4. The first-order chi connectivity index (χ1) is 6.40. The zero-order valence-corrected chi connectivity index (χ0v) is 9.10. The predicted octanol–water partition coefficient (Wildman–Crippen LogP) is 4.39. The topological polar surface area (TPSA) is 0 Å². The third-order valence-corrected chi connectivity index (χ3v) is 4.30. The smallest absolute Gasteiger partial charge is 0.0383 e. The number of hydrogen-bond acceptors (Lipinski definition) is 0. The summed E-state index contributed by atoms with van der Waals surface area (Å²) in [6, 6.07) is 0. The molecule has 0 nitrogen and oxygen atoms in total. The minimum atomic E-state index is 1.14. The molecule has 2 rings (SSSR count). The second-order valence-corrected chi connectivity index (χ2v) is 5.28. The lowest BCUT2D eigenvalue weighted by Gasteiger charge is -2.20. The summed E-state index contributed by atoms with van der Waals surface area (Å²) in [6.07, 6.45) is 13.8. The zero-order valence-electron chi connectivity index (χ0n) is 9.10. The van der Waals surface area contributed by atoms with Gasteiger partial charge < -0.3 is 0 Å². The molecule has 0 N–H and O–H groups in total. The summed E-state index contributed by atoms with van der Waals surface area (Å²) in [4.78, 5) is 0. The number of fused-ring (bicyclic) bond motifs is 2. The van der Waals surface area contributed by atoms with Crippen LogP contribution in [0.25, 0.3) is 0 Å². The van der Waals surface area contributed by atoms with E-state index in [0.717, 1.165) is 17.8 Å². The summed E-state index contributed by atoms with van der Waals surface area (Å²) < 4.78 is 0. The second-order valence-electron chi connectivity index (χ2n) is 5.28.